The number of esters is 3. The third kappa shape index (κ3) is 53.6. The quantitative estimate of drug-likeness (QED) is 0.0262. The molecule has 6 heteroatoms. The standard InChI is InChI=1S/C63H94O6/c1-4-7-10-13-16-19-22-25-27-29-31-33-35-38-41-44-47-50-53-56-62(65)68-59-60(58-67-61(64)55-52-49-46-43-40-37-24-21-18-15-12-9-6-3)69-63(66)57-54-51-48-45-42-39-36-34-32-30-28-26-23-20-17-14-11-8-5-2/h7,9-10,12-13,15-27,29,31,33,35,37-38,40-41,43,46,60H,4-6,8,11,14,28,30,32,34,36,39,42,44-45,47-59H2,1-3H3/b10-7-,12-9-,16-13-,18-15-,20-17-,22-19-,24-21-,26-23-,27-25-,31-29+,35-33-,40-37-,41-38-,46-43-. The number of allylic oxidation sites excluding steroid dienone is 28. The molecule has 0 aliphatic rings. The predicted octanol–water partition coefficient (Wildman–Crippen LogP) is 18.0. The van der Waals surface area contributed by atoms with Crippen molar-refractivity contribution < 1.29 is 28.6 Å². The maximum atomic E-state index is 12.8. The molecule has 0 heterocycles. The second-order valence-corrected chi connectivity index (χ2v) is 17.0. The van der Waals surface area contributed by atoms with Crippen molar-refractivity contribution in [3.8, 4) is 0 Å². The number of hydrogen-bond acceptors (Lipinski definition) is 6. The van der Waals surface area contributed by atoms with E-state index < -0.39 is 6.10 Å². The molecule has 0 rings (SSSR count). The molecule has 0 aromatic carbocycles. The van der Waals surface area contributed by atoms with Crippen LogP contribution in [-0.2, 0) is 28.6 Å². The number of carbonyl (C=O) groups is 3. The monoisotopic (exact) mass is 947 g/mol. The van der Waals surface area contributed by atoms with E-state index >= 15 is 0 Å². The summed E-state index contributed by atoms with van der Waals surface area (Å²) in [5, 5.41) is 0. The van der Waals surface area contributed by atoms with Crippen LogP contribution < -0.4 is 0 Å². The highest BCUT2D eigenvalue weighted by Gasteiger charge is 2.19. The fourth-order valence-corrected chi connectivity index (χ4v) is 6.56. The van der Waals surface area contributed by atoms with Gasteiger partial charge in [-0.15, -0.1) is 0 Å². The molecule has 0 bridgehead atoms. The molecule has 0 aliphatic carbocycles. The molecule has 0 aliphatic heterocycles. The summed E-state index contributed by atoms with van der Waals surface area (Å²) in [4.78, 5) is 38.0. The zero-order valence-electron chi connectivity index (χ0n) is 43.5. The molecule has 0 aromatic heterocycles. The third-order valence-electron chi connectivity index (χ3n) is 10.5. The Hall–Kier alpha value is -5.23. The van der Waals surface area contributed by atoms with E-state index in [-0.39, 0.29) is 50.4 Å². The van der Waals surface area contributed by atoms with Crippen molar-refractivity contribution in [2.75, 3.05) is 13.2 Å². The van der Waals surface area contributed by atoms with Crippen LogP contribution in [0, 0.1) is 0 Å². The Kier molecular flexibility index (Phi) is 51.2. The van der Waals surface area contributed by atoms with E-state index in [4.69, 9.17) is 14.2 Å². The fourth-order valence-electron chi connectivity index (χ4n) is 6.56. The van der Waals surface area contributed by atoms with Gasteiger partial charge in [-0.05, 0) is 77.0 Å². The lowest BCUT2D eigenvalue weighted by Crippen LogP contribution is -2.30. The highest BCUT2D eigenvalue weighted by molar-refractivity contribution is 5.71. The minimum atomic E-state index is -0.838. The van der Waals surface area contributed by atoms with Crippen LogP contribution in [0.15, 0.2) is 170 Å². The van der Waals surface area contributed by atoms with Crippen LogP contribution in [0.3, 0.4) is 0 Å². The largest absolute Gasteiger partial charge is 0.462 e. The Morgan fingerprint density at radius 3 is 0.971 bits per heavy atom. The summed E-state index contributed by atoms with van der Waals surface area (Å²) in [5.41, 5.74) is 0. The molecule has 0 fully saturated rings. The lowest BCUT2D eigenvalue weighted by atomic mass is 10.1. The van der Waals surface area contributed by atoms with E-state index in [2.05, 4.69) is 63.3 Å². The van der Waals surface area contributed by atoms with E-state index in [1.807, 2.05) is 128 Å². The summed E-state index contributed by atoms with van der Waals surface area (Å²) in [5.74, 6) is -1.07. The van der Waals surface area contributed by atoms with Gasteiger partial charge in [0.2, 0.25) is 0 Å². The summed E-state index contributed by atoms with van der Waals surface area (Å²) in [6.45, 7) is 6.19. The molecule has 0 saturated carbocycles. The number of ether oxygens (including phenoxy) is 3. The average Bonchev–Trinajstić information content (AvgIpc) is 3.35. The summed E-state index contributed by atoms with van der Waals surface area (Å²) in [6.07, 6.45) is 82.0. The normalized spacial score (nSPS) is 13.5. The molecular formula is C63H94O6. The van der Waals surface area contributed by atoms with Crippen LogP contribution in [0.25, 0.3) is 0 Å². The van der Waals surface area contributed by atoms with Gasteiger partial charge in [-0.3, -0.25) is 14.4 Å². The van der Waals surface area contributed by atoms with E-state index in [9.17, 15) is 14.4 Å². The van der Waals surface area contributed by atoms with Crippen LogP contribution in [-0.4, -0.2) is 37.2 Å². The van der Waals surface area contributed by atoms with E-state index in [0.717, 1.165) is 64.2 Å². The topological polar surface area (TPSA) is 78.9 Å². The minimum absolute atomic E-state index is 0.135. The van der Waals surface area contributed by atoms with Gasteiger partial charge in [-0.2, -0.15) is 0 Å². The van der Waals surface area contributed by atoms with Crippen LogP contribution in [0.1, 0.15) is 188 Å². The molecule has 0 amide bonds. The number of carbonyl (C=O) groups excluding carboxylic acids is 3. The first kappa shape index (κ1) is 63.8. The summed E-state index contributed by atoms with van der Waals surface area (Å²) < 4.78 is 16.7. The average molecular weight is 947 g/mol. The first-order valence-corrected chi connectivity index (χ1v) is 26.8. The Bertz CT molecular complexity index is 1650. The molecule has 1 atom stereocenters. The Labute approximate surface area is 422 Å². The molecule has 0 saturated heterocycles. The maximum Gasteiger partial charge on any atom is 0.306 e. The molecule has 382 valence electrons. The zero-order chi connectivity index (χ0) is 50.0. The number of rotatable bonds is 45. The van der Waals surface area contributed by atoms with Gasteiger partial charge in [0.1, 0.15) is 13.2 Å². The van der Waals surface area contributed by atoms with Crippen molar-refractivity contribution in [2.45, 2.75) is 194 Å². The summed E-state index contributed by atoms with van der Waals surface area (Å²) in [7, 11) is 0. The Balaban J connectivity index is 4.60. The van der Waals surface area contributed by atoms with Gasteiger partial charge >= 0.3 is 17.9 Å². The first-order valence-electron chi connectivity index (χ1n) is 26.8. The van der Waals surface area contributed by atoms with Gasteiger partial charge in [-0.25, -0.2) is 0 Å². The second kappa shape index (κ2) is 55.4. The molecule has 1 unspecified atom stereocenters. The van der Waals surface area contributed by atoms with Crippen molar-refractivity contribution >= 4 is 17.9 Å². The molecule has 6 nitrogen and oxygen atoms in total. The second-order valence-electron chi connectivity index (χ2n) is 17.0. The van der Waals surface area contributed by atoms with Gasteiger partial charge in [0.25, 0.3) is 0 Å². The van der Waals surface area contributed by atoms with E-state index in [0.29, 0.717) is 12.8 Å². The van der Waals surface area contributed by atoms with Gasteiger partial charge < -0.3 is 14.2 Å². The highest BCUT2D eigenvalue weighted by Crippen LogP contribution is 2.14. The predicted molar refractivity (Wildman–Crippen MR) is 297 cm³/mol. The molecule has 0 aromatic rings. The van der Waals surface area contributed by atoms with E-state index in [1.165, 1.54) is 70.6 Å². The summed E-state index contributed by atoms with van der Waals surface area (Å²) in [6, 6.07) is 0. The van der Waals surface area contributed by atoms with Crippen molar-refractivity contribution in [2.24, 2.45) is 0 Å². The van der Waals surface area contributed by atoms with Gasteiger partial charge in [-0.1, -0.05) is 262 Å². The lowest BCUT2D eigenvalue weighted by Gasteiger charge is -2.18. The smallest absolute Gasteiger partial charge is 0.306 e. The number of hydrogen-bond donors (Lipinski definition) is 0. The molecule has 0 N–H and O–H groups in total. The van der Waals surface area contributed by atoms with Gasteiger partial charge in [0, 0.05) is 19.3 Å². The zero-order valence-corrected chi connectivity index (χ0v) is 43.5. The summed E-state index contributed by atoms with van der Waals surface area (Å²) >= 11 is 0. The Morgan fingerprint density at radius 2 is 0.580 bits per heavy atom. The fraction of sp³-hybridized carbons (Fsp3) is 0.508. The highest BCUT2D eigenvalue weighted by atomic mass is 16.6. The molecule has 69 heavy (non-hydrogen) atoms. The molecule has 0 radical (unpaired) electrons. The molecular weight excluding hydrogens is 853 g/mol. The van der Waals surface area contributed by atoms with Crippen molar-refractivity contribution in [1.82, 2.24) is 0 Å². The minimum Gasteiger partial charge on any atom is -0.462 e. The van der Waals surface area contributed by atoms with Gasteiger partial charge in [0.05, 0.1) is 0 Å². The van der Waals surface area contributed by atoms with Crippen LogP contribution in [0.2, 0.25) is 0 Å². The SMILES string of the molecule is CC\C=C/C=C\C=C/C=C\C=C/CCCC(=O)OCC(COC(=O)CCCCC\C=C/C=C\C=C\C=C/C=C\C=C/C=C\CC)OC(=O)CCCCCCCCCCCC/C=C\C=C/CCCCC. The van der Waals surface area contributed by atoms with Crippen LogP contribution in [0.4, 0.5) is 0 Å². The van der Waals surface area contributed by atoms with E-state index in [1.54, 1.807) is 0 Å². The van der Waals surface area contributed by atoms with Crippen molar-refractivity contribution in [3.05, 3.63) is 170 Å². The molecule has 0 spiro atoms. The Morgan fingerprint density at radius 1 is 0.304 bits per heavy atom. The van der Waals surface area contributed by atoms with Crippen LogP contribution in [0.5, 0.6) is 0 Å². The third-order valence-corrected chi connectivity index (χ3v) is 10.5. The van der Waals surface area contributed by atoms with Crippen LogP contribution >= 0.6 is 0 Å². The maximum absolute atomic E-state index is 12.8. The van der Waals surface area contributed by atoms with Crippen molar-refractivity contribution in [1.29, 1.82) is 0 Å². The number of unbranched alkanes of at least 4 members (excludes halogenated alkanes) is 17. The first-order chi connectivity index (χ1) is 34.0. The van der Waals surface area contributed by atoms with Gasteiger partial charge in [0.15, 0.2) is 6.10 Å². The lowest BCUT2D eigenvalue weighted by molar-refractivity contribution is -0.167. The van der Waals surface area contributed by atoms with Crippen molar-refractivity contribution in [3.63, 3.8) is 0 Å².